The molecule has 3 atom stereocenters. The van der Waals surface area contributed by atoms with Gasteiger partial charge in [0.05, 0.1) is 16.8 Å². The summed E-state index contributed by atoms with van der Waals surface area (Å²) in [6.07, 6.45) is 8.31. The molecule has 2 unspecified atom stereocenters. The van der Waals surface area contributed by atoms with E-state index in [0.29, 0.717) is 17.4 Å². The zero-order valence-corrected chi connectivity index (χ0v) is 19.3. The zero-order valence-electron chi connectivity index (χ0n) is 19.3. The number of para-hydroxylation sites is 1. The molecule has 0 radical (unpaired) electrons. The number of carbonyl (C=O) groups is 1. The predicted octanol–water partition coefficient (Wildman–Crippen LogP) is 4.51. The summed E-state index contributed by atoms with van der Waals surface area (Å²) in [6.45, 7) is 4.03. The molecule has 2 heterocycles. The fourth-order valence-corrected chi connectivity index (χ4v) is 5.77. The first-order valence-electron chi connectivity index (χ1n) is 11.9. The Morgan fingerprint density at radius 3 is 2.74 bits per heavy atom. The average Bonchev–Trinajstić information content (AvgIpc) is 2.83. The van der Waals surface area contributed by atoms with E-state index in [-0.39, 0.29) is 29.3 Å². The summed E-state index contributed by atoms with van der Waals surface area (Å²) in [7, 11) is 0. The van der Waals surface area contributed by atoms with Gasteiger partial charge in [0, 0.05) is 22.3 Å². The van der Waals surface area contributed by atoms with Crippen LogP contribution in [0.5, 0.6) is 5.88 Å². The van der Waals surface area contributed by atoms with E-state index in [2.05, 4.69) is 23.0 Å². The molecule has 7 heteroatoms. The monoisotopic (exact) mass is 451 g/mol. The van der Waals surface area contributed by atoms with E-state index < -0.39 is 5.41 Å². The first kappa shape index (κ1) is 20.9. The van der Waals surface area contributed by atoms with Crippen molar-refractivity contribution in [2.45, 2.75) is 57.5 Å². The van der Waals surface area contributed by atoms with Crippen LogP contribution >= 0.6 is 0 Å². The topological polar surface area (TPSA) is 102 Å². The van der Waals surface area contributed by atoms with Crippen LogP contribution in [-0.4, -0.2) is 31.8 Å². The molecule has 0 saturated heterocycles. The number of allylic oxidation sites excluding steroid dienone is 2. The van der Waals surface area contributed by atoms with Crippen LogP contribution in [0.1, 0.15) is 50.8 Å². The second-order valence-electron chi connectivity index (χ2n) is 9.84. The molecule has 170 valence electrons. The molecule has 1 saturated carbocycles. The van der Waals surface area contributed by atoms with Gasteiger partial charge in [0.15, 0.2) is 11.6 Å². The number of nitriles is 1. The molecule has 1 fully saturated rings. The van der Waals surface area contributed by atoms with Gasteiger partial charge in [-0.25, -0.2) is 15.0 Å². The molecule has 34 heavy (non-hydrogen) atoms. The summed E-state index contributed by atoms with van der Waals surface area (Å²) >= 11 is 0. The summed E-state index contributed by atoms with van der Waals surface area (Å²) in [4.78, 5) is 31.7. The van der Waals surface area contributed by atoms with Gasteiger partial charge in [0.1, 0.15) is 24.2 Å². The molecule has 7 nitrogen and oxygen atoms in total. The van der Waals surface area contributed by atoms with Crippen molar-refractivity contribution in [1.29, 1.82) is 5.26 Å². The van der Waals surface area contributed by atoms with Crippen LogP contribution in [0.2, 0.25) is 0 Å². The smallest absolute Gasteiger partial charge is 0.220 e. The Balaban J connectivity index is 1.60. The van der Waals surface area contributed by atoms with Gasteiger partial charge in [-0.2, -0.15) is 10.2 Å². The third-order valence-corrected chi connectivity index (χ3v) is 7.89. The first-order valence-corrected chi connectivity index (χ1v) is 11.9. The fourth-order valence-electron chi connectivity index (χ4n) is 5.77. The number of ketones is 1. The van der Waals surface area contributed by atoms with Crippen molar-refractivity contribution in [1.82, 2.24) is 19.9 Å². The predicted molar refractivity (Wildman–Crippen MR) is 126 cm³/mol. The summed E-state index contributed by atoms with van der Waals surface area (Å²) < 4.78 is 6.40. The maximum absolute atomic E-state index is 12.8. The number of carbonyl (C=O) groups excluding carboxylic acids is 1. The minimum absolute atomic E-state index is 0.0612. The number of Topliss-reactive ketones (excluding diaryl/α,β-unsaturated/α-hetero) is 1. The largest absolute Gasteiger partial charge is 0.474 e. The molecule has 0 N–H and O–H groups in total. The molecule has 1 aromatic carbocycles. The highest BCUT2D eigenvalue weighted by Gasteiger charge is 2.50. The van der Waals surface area contributed by atoms with Gasteiger partial charge in [-0.1, -0.05) is 38.1 Å². The van der Waals surface area contributed by atoms with Gasteiger partial charge >= 0.3 is 0 Å². The number of hydrogen-bond acceptors (Lipinski definition) is 7. The molecule has 0 amide bonds. The quantitative estimate of drug-likeness (QED) is 0.577. The van der Waals surface area contributed by atoms with Gasteiger partial charge in [-0.3, -0.25) is 4.79 Å². The minimum Gasteiger partial charge on any atom is -0.474 e. The number of benzene rings is 1. The zero-order chi connectivity index (χ0) is 23.4. The Hall–Kier alpha value is -3.66. The minimum atomic E-state index is -0.565. The Bertz CT molecular complexity index is 1400. The summed E-state index contributed by atoms with van der Waals surface area (Å²) in [5, 5.41) is 10.6. The fraction of sp³-hybridized carbons (Fsp3) is 0.407. The van der Waals surface area contributed by atoms with Crippen molar-refractivity contribution in [2.75, 3.05) is 0 Å². The number of nitrogens with zero attached hydrogens (tertiary/aromatic N) is 5. The number of fused-ring (bicyclic) bond motifs is 4. The van der Waals surface area contributed by atoms with E-state index in [4.69, 9.17) is 14.7 Å². The normalized spacial score (nSPS) is 26.1. The molecule has 0 spiro atoms. The van der Waals surface area contributed by atoms with Crippen molar-refractivity contribution in [2.24, 2.45) is 11.8 Å². The van der Waals surface area contributed by atoms with Crippen molar-refractivity contribution < 1.29 is 9.53 Å². The molecular weight excluding hydrogens is 426 g/mol. The SMILES string of the molecule is CC1C(=O)C(C#N)=C[C@@]2(C)c3nc(-c4ncnc5ccccc45)nc(OC4CCC4)c3CCC12. The van der Waals surface area contributed by atoms with E-state index in [1.54, 1.807) is 0 Å². The highest BCUT2D eigenvalue weighted by Crippen LogP contribution is 2.51. The van der Waals surface area contributed by atoms with E-state index in [0.717, 1.165) is 54.3 Å². The number of hydrogen-bond donors (Lipinski definition) is 0. The number of aromatic nitrogens is 4. The third kappa shape index (κ3) is 3.05. The Morgan fingerprint density at radius 1 is 1.15 bits per heavy atom. The molecule has 0 bridgehead atoms. The lowest BCUT2D eigenvalue weighted by molar-refractivity contribution is -0.121. The highest BCUT2D eigenvalue weighted by atomic mass is 16.5. The van der Waals surface area contributed by atoms with Gasteiger partial charge < -0.3 is 4.74 Å². The standard InChI is InChI=1S/C27H25N5O2/c1-15-20-11-10-19-24(27(20,2)12-16(13-28)23(15)33)31-25(32-26(19)34-17-6-5-7-17)22-18-8-3-4-9-21(18)29-14-30-22/h3-4,8-9,12,14-15,17,20H,5-7,10-11H2,1-2H3/t15?,20?,27-/m1/s1. The van der Waals surface area contributed by atoms with Crippen molar-refractivity contribution >= 4 is 16.7 Å². The lowest BCUT2D eigenvalue weighted by Crippen LogP contribution is -2.46. The average molecular weight is 452 g/mol. The maximum Gasteiger partial charge on any atom is 0.220 e. The van der Waals surface area contributed by atoms with Crippen LogP contribution in [0.25, 0.3) is 22.4 Å². The van der Waals surface area contributed by atoms with E-state index in [1.165, 1.54) is 6.33 Å². The maximum atomic E-state index is 12.8. The lowest BCUT2D eigenvalue weighted by Gasteiger charge is -2.45. The second-order valence-corrected chi connectivity index (χ2v) is 9.84. The molecule has 3 aromatic rings. The van der Waals surface area contributed by atoms with Gasteiger partial charge in [0.25, 0.3) is 0 Å². The molecule has 3 aliphatic carbocycles. The molecular formula is C27H25N5O2. The Morgan fingerprint density at radius 2 is 1.97 bits per heavy atom. The van der Waals surface area contributed by atoms with Crippen LogP contribution in [0.3, 0.4) is 0 Å². The second kappa shape index (κ2) is 7.69. The van der Waals surface area contributed by atoms with Crippen LogP contribution in [0.4, 0.5) is 0 Å². The number of ether oxygens (including phenoxy) is 1. The summed E-state index contributed by atoms with van der Waals surface area (Å²) in [5.74, 6) is 0.849. The van der Waals surface area contributed by atoms with E-state index >= 15 is 0 Å². The van der Waals surface area contributed by atoms with Gasteiger partial charge in [-0.05, 0) is 44.1 Å². The molecule has 6 rings (SSSR count). The van der Waals surface area contributed by atoms with E-state index in [1.807, 2.05) is 37.3 Å². The van der Waals surface area contributed by atoms with Crippen molar-refractivity contribution in [3.63, 3.8) is 0 Å². The van der Waals surface area contributed by atoms with Crippen LogP contribution in [-0.2, 0) is 16.6 Å². The van der Waals surface area contributed by atoms with Crippen molar-refractivity contribution in [3.8, 4) is 23.5 Å². The van der Waals surface area contributed by atoms with E-state index in [9.17, 15) is 10.1 Å². The van der Waals surface area contributed by atoms with Gasteiger partial charge in [0.2, 0.25) is 5.88 Å². The Labute approximate surface area is 197 Å². The molecule has 2 aromatic heterocycles. The third-order valence-electron chi connectivity index (χ3n) is 7.89. The van der Waals surface area contributed by atoms with Crippen LogP contribution in [0.15, 0.2) is 42.2 Å². The first-order chi connectivity index (χ1) is 16.5. The highest BCUT2D eigenvalue weighted by molar-refractivity contribution is 6.02. The summed E-state index contributed by atoms with van der Waals surface area (Å²) in [6, 6.07) is 9.93. The molecule has 3 aliphatic rings. The van der Waals surface area contributed by atoms with Crippen LogP contribution < -0.4 is 4.74 Å². The van der Waals surface area contributed by atoms with Crippen molar-refractivity contribution in [3.05, 3.63) is 53.5 Å². The number of rotatable bonds is 3. The summed E-state index contributed by atoms with van der Waals surface area (Å²) in [5.41, 5.74) is 2.96. The lowest BCUT2D eigenvalue weighted by atomic mass is 9.58. The molecule has 0 aliphatic heterocycles. The Kier molecular flexibility index (Phi) is 4.73. The van der Waals surface area contributed by atoms with Gasteiger partial charge in [-0.15, -0.1) is 0 Å². The van der Waals surface area contributed by atoms with Crippen LogP contribution in [0, 0.1) is 23.2 Å².